The van der Waals surface area contributed by atoms with Gasteiger partial charge in [-0.1, -0.05) is 78.0 Å². The van der Waals surface area contributed by atoms with E-state index in [1.54, 1.807) is 0 Å². The Balaban J connectivity index is 1.31. The first-order chi connectivity index (χ1) is 13.7. The highest BCUT2D eigenvalue weighted by molar-refractivity contribution is 5.57. The van der Waals surface area contributed by atoms with Gasteiger partial charge in [0.1, 0.15) is 5.69 Å². The number of hydrogen-bond donors (Lipinski definition) is 1. The van der Waals surface area contributed by atoms with Crippen molar-refractivity contribution in [2.75, 3.05) is 0 Å². The van der Waals surface area contributed by atoms with Gasteiger partial charge in [0.15, 0.2) is 0 Å². The van der Waals surface area contributed by atoms with Crippen LogP contribution in [-0.4, -0.2) is 20.5 Å². The van der Waals surface area contributed by atoms with Crippen molar-refractivity contribution >= 4 is 0 Å². The van der Waals surface area contributed by atoms with E-state index in [9.17, 15) is 0 Å². The van der Waals surface area contributed by atoms with E-state index in [2.05, 4.69) is 58.8 Å². The van der Waals surface area contributed by atoms with Crippen molar-refractivity contribution in [2.45, 2.75) is 24.3 Å². The zero-order valence-electron chi connectivity index (χ0n) is 15.6. The van der Waals surface area contributed by atoms with Gasteiger partial charge in [-0.3, -0.25) is 0 Å². The van der Waals surface area contributed by atoms with Crippen LogP contribution in [-0.2, 0) is 6.42 Å². The van der Waals surface area contributed by atoms with Crippen LogP contribution in [0.4, 0.5) is 0 Å². The summed E-state index contributed by atoms with van der Waals surface area (Å²) in [6.07, 6.45) is 3.91. The van der Waals surface area contributed by atoms with Crippen molar-refractivity contribution in [3.05, 3.63) is 102 Å². The topological polar surface area (TPSA) is 56.7 Å². The third-order valence-corrected chi connectivity index (χ3v) is 5.62. The molecule has 0 bridgehead atoms. The van der Waals surface area contributed by atoms with E-state index in [-0.39, 0.29) is 5.54 Å². The zero-order valence-corrected chi connectivity index (χ0v) is 15.6. The van der Waals surface area contributed by atoms with Crippen LogP contribution in [0.1, 0.15) is 23.5 Å². The van der Waals surface area contributed by atoms with E-state index in [0.29, 0.717) is 5.92 Å². The summed E-state index contributed by atoms with van der Waals surface area (Å²) in [5.74, 6) is 0.414. The first-order valence-corrected chi connectivity index (χ1v) is 9.62. The predicted molar refractivity (Wildman–Crippen MR) is 111 cm³/mol. The zero-order chi connectivity index (χ0) is 19.0. The van der Waals surface area contributed by atoms with E-state index in [0.717, 1.165) is 29.8 Å². The summed E-state index contributed by atoms with van der Waals surface area (Å²) in [4.78, 5) is 0. The van der Waals surface area contributed by atoms with Crippen LogP contribution in [0.25, 0.3) is 16.9 Å². The second-order valence-corrected chi connectivity index (χ2v) is 7.66. The molecule has 0 aliphatic heterocycles. The summed E-state index contributed by atoms with van der Waals surface area (Å²) < 4.78 is 1.82. The third-order valence-electron chi connectivity index (χ3n) is 5.62. The molecule has 1 aliphatic rings. The van der Waals surface area contributed by atoms with Gasteiger partial charge in [0, 0.05) is 17.0 Å². The molecule has 1 aliphatic carbocycles. The molecule has 4 nitrogen and oxygen atoms in total. The third kappa shape index (κ3) is 3.23. The number of nitrogens with zero attached hydrogens (tertiary/aromatic N) is 3. The number of hydrogen-bond acceptors (Lipinski definition) is 3. The Morgan fingerprint density at radius 3 is 2.29 bits per heavy atom. The first-order valence-electron chi connectivity index (χ1n) is 9.62. The molecule has 138 valence electrons. The normalized spacial score (nSPS) is 20.8. The fourth-order valence-corrected chi connectivity index (χ4v) is 3.93. The maximum absolute atomic E-state index is 6.64. The Kier molecular flexibility index (Phi) is 4.06. The standard InChI is InChI=1S/C24H22N4/c25-24(15-18-7-3-1-4-8-18)16-22(24)19-11-13-21(14-12-19)28-17-23(26-27-28)20-9-5-2-6-10-20/h1-14,17,22H,15-16,25H2/t22-,24-/m0/s1. The van der Waals surface area contributed by atoms with Crippen molar-refractivity contribution < 1.29 is 0 Å². The minimum absolute atomic E-state index is 0.128. The lowest BCUT2D eigenvalue weighted by molar-refractivity contribution is 0.646. The smallest absolute Gasteiger partial charge is 0.113 e. The number of nitrogens with two attached hydrogens (primary N) is 1. The van der Waals surface area contributed by atoms with Crippen LogP contribution >= 0.6 is 0 Å². The first kappa shape index (κ1) is 16.9. The van der Waals surface area contributed by atoms with Gasteiger partial charge in [-0.15, -0.1) is 5.10 Å². The molecule has 0 spiro atoms. The van der Waals surface area contributed by atoms with E-state index in [4.69, 9.17) is 5.73 Å². The Bertz CT molecular complexity index is 1070. The molecule has 2 atom stereocenters. The molecule has 1 heterocycles. The molecular formula is C24H22N4. The lowest BCUT2D eigenvalue weighted by Gasteiger charge is -2.12. The highest BCUT2D eigenvalue weighted by atomic mass is 15.4. The van der Waals surface area contributed by atoms with E-state index in [1.807, 2.05) is 47.3 Å². The van der Waals surface area contributed by atoms with Crippen LogP contribution < -0.4 is 5.73 Å². The van der Waals surface area contributed by atoms with Gasteiger partial charge in [-0.25, -0.2) is 4.68 Å². The minimum Gasteiger partial charge on any atom is -0.324 e. The summed E-state index contributed by atoms with van der Waals surface area (Å²) >= 11 is 0. The maximum atomic E-state index is 6.64. The highest BCUT2D eigenvalue weighted by Gasteiger charge is 2.51. The second-order valence-electron chi connectivity index (χ2n) is 7.66. The van der Waals surface area contributed by atoms with Crippen molar-refractivity contribution in [1.29, 1.82) is 0 Å². The largest absolute Gasteiger partial charge is 0.324 e. The summed E-state index contributed by atoms with van der Waals surface area (Å²) in [5.41, 5.74) is 12.1. The van der Waals surface area contributed by atoms with E-state index < -0.39 is 0 Å². The van der Waals surface area contributed by atoms with Crippen LogP contribution in [0.15, 0.2) is 91.1 Å². The molecule has 28 heavy (non-hydrogen) atoms. The molecule has 1 fully saturated rings. The molecule has 0 unspecified atom stereocenters. The molecule has 4 aromatic rings. The second kappa shape index (κ2) is 6.73. The molecule has 1 aromatic heterocycles. The van der Waals surface area contributed by atoms with Crippen molar-refractivity contribution in [3.63, 3.8) is 0 Å². The molecule has 0 radical (unpaired) electrons. The average Bonchev–Trinajstić information content (AvgIpc) is 3.17. The molecule has 1 saturated carbocycles. The monoisotopic (exact) mass is 366 g/mol. The lowest BCUT2D eigenvalue weighted by Crippen LogP contribution is -2.27. The Morgan fingerprint density at radius 2 is 1.57 bits per heavy atom. The fourth-order valence-electron chi connectivity index (χ4n) is 3.93. The van der Waals surface area contributed by atoms with Crippen molar-refractivity contribution in [2.24, 2.45) is 5.73 Å². The van der Waals surface area contributed by atoms with Crippen LogP contribution in [0, 0.1) is 0 Å². The van der Waals surface area contributed by atoms with Gasteiger partial charge in [-0.05, 0) is 36.1 Å². The van der Waals surface area contributed by atoms with Crippen LogP contribution in [0.5, 0.6) is 0 Å². The molecule has 2 N–H and O–H groups in total. The van der Waals surface area contributed by atoms with Gasteiger partial charge < -0.3 is 5.73 Å². The lowest BCUT2D eigenvalue weighted by atomic mass is 9.99. The van der Waals surface area contributed by atoms with Gasteiger partial charge in [0.25, 0.3) is 0 Å². The summed E-state index contributed by atoms with van der Waals surface area (Å²) in [6, 6.07) is 29.1. The SMILES string of the molecule is N[C@@]1(Cc2ccccc2)C[C@H]1c1ccc(-n2cc(-c3ccccc3)nn2)cc1. The Hall–Kier alpha value is -3.24. The summed E-state index contributed by atoms with van der Waals surface area (Å²) in [5, 5.41) is 8.57. The molecule has 3 aromatic carbocycles. The predicted octanol–water partition coefficient (Wildman–Crippen LogP) is 4.36. The van der Waals surface area contributed by atoms with Crippen LogP contribution in [0.2, 0.25) is 0 Å². The molecule has 0 saturated heterocycles. The number of aromatic nitrogens is 3. The van der Waals surface area contributed by atoms with Gasteiger partial charge in [0.05, 0.1) is 11.9 Å². The van der Waals surface area contributed by atoms with E-state index >= 15 is 0 Å². The molecule has 5 rings (SSSR count). The minimum atomic E-state index is -0.128. The molecular weight excluding hydrogens is 344 g/mol. The maximum Gasteiger partial charge on any atom is 0.113 e. The summed E-state index contributed by atoms with van der Waals surface area (Å²) in [6.45, 7) is 0. The van der Waals surface area contributed by atoms with Crippen molar-refractivity contribution in [1.82, 2.24) is 15.0 Å². The van der Waals surface area contributed by atoms with Gasteiger partial charge in [0.2, 0.25) is 0 Å². The van der Waals surface area contributed by atoms with E-state index in [1.165, 1.54) is 11.1 Å². The number of benzene rings is 3. The quantitative estimate of drug-likeness (QED) is 0.571. The molecule has 0 amide bonds. The van der Waals surface area contributed by atoms with Gasteiger partial charge >= 0.3 is 0 Å². The van der Waals surface area contributed by atoms with Crippen molar-refractivity contribution in [3.8, 4) is 16.9 Å². The Labute approximate surface area is 164 Å². The average molecular weight is 366 g/mol. The Morgan fingerprint density at radius 1 is 0.893 bits per heavy atom. The number of rotatable bonds is 5. The fraction of sp³-hybridized carbons (Fsp3) is 0.167. The summed E-state index contributed by atoms with van der Waals surface area (Å²) in [7, 11) is 0. The molecule has 4 heteroatoms. The van der Waals surface area contributed by atoms with Gasteiger partial charge in [-0.2, -0.15) is 0 Å². The van der Waals surface area contributed by atoms with Crippen LogP contribution in [0.3, 0.4) is 0 Å². The highest BCUT2D eigenvalue weighted by Crippen LogP contribution is 2.51.